The summed E-state index contributed by atoms with van der Waals surface area (Å²) in [6.07, 6.45) is 1.19. The molecule has 1 amide bonds. The van der Waals surface area contributed by atoms with Crippen LogP contribution in [0, 0.1) is 11.6 Å². The zero-order chi connectivity index (χ0) is 14.5. The molecule has 1 aromatic carbocycles. The molecule has 0 radical (unpaired) electrons. The summed E-state index contributed by atoms with van der Waals surface area (Å²) >= 11 is 0. The molecule has 0 heterocycles. The molecule has 0 saturated carbocycles. The molecule has 0 spiro atoms. The zero-order valence-corrected chi connectivity index (χ0v) is 11.3. The highest BCUT2D eigenvalue weighted by Gasteiger charge is 2.23. The Morgan fingerprint density at radius 2 is 2.11 bits per heavy atom. The molecule has 1 rings (SSSR count). The third-order valence-corrected chi connectivity index (χ3v) is 3.30. The van der Waals surface area contributed by atoms with E-state index in [1.54, 1.807) is 0 Å². The van der Waals surface area contributed by atoms with Crippen LogP contribution in [-0.4, -0.2) is 18.0 Å². The van der Waals surface area contributed by atoms with Crippen LogP contribution < -0.4 is 11.1 Å². The van der Waals surface area contributed by atoms with Crippen LogP contribution in [0.4, 0.5) is 8.78 Å². The minimum atomic E-state index is -0.963. The summed E-state index contributed by atoms with van der Waals surface area (Å²) in [5, 5.41) is 2.83. The van der Waals surface area contributed by atoms with Crippen LogP contribution in [0.3, 0.4) is 0 Å². The van der Waals surface area contributed by atoms with Crippen molar-refractivity contribution in [2.24, 2.45) is 5.73 Å². The normalized spacial score (nSPS) is 13.9. The highest BCUT2D eigenvalue weighted by Crippen LogP contribution is 2.15. The molecule has 0 saturated heterocycles. The fraction of sp³-hybridized carbons (Fsp3) is 0.500. The van der Waals surface area contributed by atoms with Crippen molar-refractivity contribution in [1.29, 1.82) is 0 Å². The van der Waals surface area contributed by atoms with Crippen molar-refractivity contribution in [2.75, 3.05) is 6.54 Å². The molecule has 19 heavy (non-hydrogen) atoms. The summed E-state index contributed by atoms with van der Waals surface area (Å²) in [7, 11) is 0. The van der Waals surface area contributed by atoms with E-state index in [0.717, 1.165) is 12.5 Å². The van der Waals surface area contributed by atoms with E-state index < -0.39 is 17.2 Å². The predicted molar refractivity (Wildman–Crippen MR) is 70.6 cm³/mol. The quantitative estimate of drug-likeness (QED) is 0.832. The first-order chi connectivity index (χ1) is 8.91. The molecule has 0 bridgehead atoms. The van der Waals surface area contributed by atoms with Gasteiger partial charge in [0.1, 0.15) is 0 Å². The first-order valence-corrected chi connectivity index (χ1v) is 6.36. The van der Waals surface area contributed by atoms with E-state index >= 15 is 0 Å². The number of benzene rings is 1. The monoisotopic (exact) mass is 270 g/mol. The van der Waals surface area contributed by atoms with E-state index in [1.165, 1.54) is 12.1 Å². The fourth-order valence-corrected chi connectivity index (χ4v) is 1.88. The van der Waals surface area contributed by atoms with Gasteiger partial charge in [0.05, 0.1) is 6.42 Å². The SMILES string of the molecule is CCC(C)(CCN)NC(=O)Cc1cccc(F)c1F. The third kappa shape index (κ3) is 4.28. The van der Waals surface area contributed by atoms with E-state index in [1.807, 2.05) is 13.8 Å². The van der Waals surface area contributed by atoms with Gasteiger partial charge in [-0.1, -0.05) is 19.1 Å². The van der Waals surface area contributed by atoms with Crippen molar-refractivity contribution >= 4 is 5.91 Å². The molecule has 1 aromatic rings. The van der Waals surface area contributed by atoms with Crippen molar-refractivity contribution in [2.45, 2.75) is 38.6 Å². The molecule has 0 fully saturated rings. The Bertz CT molecular complexity index is 451. The lowest BCUT2D eigenvalue weighted by atomic mass is 9.94. The van der Waals surface area contributed by atoms with Gasteiger partial charge in [0.25, 0.3) is 0 Å². The van der Waals surface area contributed by atoms with Crippen molar-refractivity contribution in [1.82, 2.24) is 5.32 Å². The number of amides is 1. The molecule has 3 nitrogen and oxygen atoms in total. The highest BCUT2D eigenvalue weighted by molar-refractivity contribution is 5.79. The summed E-state index contributed by atoms with van der Waals surface area (Å²) in [5.74, 6) is -2.23. The Morgan fingerprint density at radius 1 is 1.42 bits per heavy atom. The van der Waals surface area contributed by atoms with Crippen LogP contribution >= 0.6 is 0 Å². The molecule has 0 aliphatic rings. The number of carbonyl (C=O) groups is 1. The number of hydrogen-bond donors (Lipinski definition) is 2. The second kappa shape index (κ2) is 6.61. The van der Waals surface area contributed by atoms with Crippen molar-refractivity contribution < 1.29 is 13.6 Å². The number of nitrogens with one attached hydrogen (secondary N) is 1. The number of rotatable bonds is 6. The first kappa shape index (κ1) is 15.6. The summed E-state index contributed by atoms with van der Waals surface area (Å²) in [6, 6.07) is 3.82. The Morgan fingerprint density at radius 3 is 2.68 bits per heavy atom. The summed E-state index contributed by atoms with van der Waals surface area (Å²) < 4.78 is 26.5. The zero-order valence-electron chi connectivity index (χ0n) is 11.3. The van der Waals surface area contributed by atoms with E-state index in [2.05, 4.69) is 5.32 Å². The Balaban J connectivity index is 2.72. The van der Waals surface area contributed by atoms with Crippen LogP contribution in [0.1, 0.15) is 32.3 Å². The lowest BCUT2D eigenvalue weighted by molar-refractivity contribution is -0.122. The second-order valence-electron chi connectivity index (χ2n) is 4.89. The van der Waals surface area contributed by atoms with Gasteiger partial charge in [0, 0.05) is 11.1 Å². The van der Waals surface area contributed by atoms with E-state index in [-0.39, 0.29) is 17.9 Å². The first-order valence-electron chi connectivity index (χ1n) is 6.36. The molecule has 0 aromatic heterocycles. The van der Waals surface area contributed by atoms with Gasteiger partial charge in [-0.25, -0.2) is 8.78 Å². The second-order valence-corrected chi connectivity index (χ2v) is 4.89. The largest absolute Gasteiger partial charge is 0.351 e. The maximum absolute atomic E-state index is 13.4. The topological polar surface area (TPSA) is 55.1 Å². The van der Waals surface area contributed by atoms with Gasteiger partial charge in [-0.2, -0.15) is 0 Å². The average molecular weight is 270 g/mol. The van der Waals surface area contributed by atoms with Crippen LogP contribution in [0.15, 0.2) is 18.2 Å². The van der Waals surface area contributed by atoms with Crippen molar-refractivity contribution in [3.63, 3.8) is 0 Å². The summed E-state index contributed by atoms with van der Waals surface area (Å²) in [6.45, 7) is 4.29. The van der Waals surface area contributed by atoms with Gasteiger partial charge in [-0.3, -0.25) is 4.79 Å². The molecule has 0 aliphatic carbocycles. The van der Waals surface area contributed by atoms with Crippen molar-refractivity contribution in [3.8, 4) is 0 Å². The summed E-state index contributed by atoms with van der Waals surface area (Å²) in [5.41, 5.74) is 5.15. The van der Waals surface area contributed by atoms with Gasteiger partial charge in [-0.15, -0.1) is 0 Å². The molecule has 1 atom stereocenters. The molecular formula is C14H20F2N2O. The maximum atomic E-state index is 13.4. The molecule has 5 heteroatoms. The maximum Gasteiger partial charge on any atom is 0.224 e. The van der Waals surface area contributed by atoms with E-state index in [4.69, 9.17) is 5.73 Å². The average Bonchev–Trinajstić information content (AvgIpc) is 2.35. The smallest absolute Gasteiger partial charge is 0.224 e. The van der Waals surface area contributed by atoms with Gasteiger partial charge in [0.2, 0.25) is 5.91 Å². The number of nitrogens with two attached hydrogens (primary N) is 1. The van der Waals surface area contributed by atoms with Crippen LogP contribution in [0.25, 0.3) is 0 Å². The van der Waals surface area contributed by atoms with Crippen LogP contribution in [0.5, 0.6) is 0 Å². The van der Waals surface area contributed by atoms with E-state index in [9.17, 15) is 13.6 Å². The minimum absolute atomic E-state index is 0.0590. The lowest BCUT2D eigenvalue weighted by Crippen LogP contribution is -2.47. The molecule has 106 valence electrons. The van der Waals surface area contributed by atoms with Gasteiger partial charge >= 0.3 is 0 Å². The van der Waals surface area contributed by atoms with Crippen LogP contribution in [-0.2, 0) is 11.2 Å². The van der Waals surface area contributed by atoms with Gasteiger partial charge in [-0.05, 0) is 32.4 Å². The Labute approximate surface area is 112 Å². The van der Waals surface area contributed by atoms with Gasteiger partial charge < -0.3 is 11.1 Å². The highest BCUT2D eigenvalue weighted by atomic mass is 19.2. The Hall–Kier alpha value is -1.49. The molecular weight excluding hydrogens is 250 g/mol. The number of hydrogen-bond acceptors (Lipinski definition) is 2. The standard InChI is InChI=1S/C14H20F2N2O/c1-3-14(2,7-8-17)18-12(19)9-10-5-4-6-11(15)13(10)16/h4-6H,3,7-9,17H2,1-2H3,(H,18,19). The molecule has 3 N–H and O–H groups in total. The third-order valence-electron chi connectivity index (χ3n) is 3.30. The minimum Gasteiger partial charge on any atom is -0.351 e. The summed E-state index contributed by atoms with van der Waals surface area (Å²) in [4.78, 5) is 11.9. The predicted octanol–water partition coefficient (Wildman–Crippen LogP) is 2.14. The lowest BCUT2D eigenvalue weighted by Gasteiger charge is -2.29. The molecule has 0 aliphatic heterocycles. The fourth-order valence-electron chi connectivity index (χ4n) is 1.88. The van der Waals surface area contributed by atoms with E-state index in [0.29, 0.717) is 13.0 Å². The number of carbonyl (C=O) groups excluding carboxylic acids is 1. The van der Waals surface area contributed by atoms with Crippen molar-refractivity contribution in [3.05, 3.63) is 35.4 Å². The molecule has 1 unspecified atom stereocenters. The van der Waals surface area contributed by atoms with Crippen LogP contribution in [0.2, 0.25) is 0 Å². The number of halogens is 2. The Kier molecular flexibility index (Phi) is 5.42. The van der Waals surface area contributed by atoms with Gasteiger partial charge in [0.15, 0.2) is 11.6 Å².